The molecule has 0 fully saturated rings. The van der Waals surface area contributed by atoms with Crippen molar-refractivity contribution in [3.05, 3.63) is 52.3 Å². The summed E-state index contributed by atoms with van der Waals surface area (Å²) in [6.45, 7) is 0.193. The number of nitrogens with zero attached hydrogens (tertiary/aromatic N) is 2. The molecule has 4 nitrogen and oxygen atoms in total. The fraction of sp³-hybridized carbons (Fsp3) is 0.214. The second-order valence-electron chi connectivity index (χ2n) is 4.95. The predicted molar refractivity (Wildman–Crippen MR) is 78.5 cm³/mol. The molecule has 8 heteroatoms. The van der Waals surface area contributed by atoms with Gasteiger partial charge in [0.25, 0.3) is 5.91 Å². The molecule has 0 unspecified atom stereocenters. The van der Waals surface area contributed by atoms with Crippen LogP contribution >= 0.6 is 15.9 Å². The number of fused-ring (bicyclic) bond motifs is 1. The lowest BCUT2D eigenvalue weighted by atomic mass is 10.1. The SMILES string of the molecule is N[C@H]1CN(c2ccc(C(F)(F)F)cc2)C(=O)c2c(Br)ccn21. The van der Waals surface area contributed by atoms with E-state index in [2.05, 4.69) is 15.9 Å². The van der Waals surface area contributed by atoms with Crippen molar-refractivity contribution < 1.29 is 18.0 Å². The molecule has 0 radical (unpaired) electrons. The number of halogens is 4. The average molecular weight is 374 g/mol. The van der Waals surface area contributed by atoms with Crippen LogP contribution < -0.4 is 10.6 Å². The Hall–Kier alpha value is -1.80. The molecule has 2 N–H and O–H groups in total. The van der Waals surface area contributed by atoms with E-state index >= 15 is 0 Å². The molecule has 1 aliphatic rings. The molecule has 116 valence electrons. The number of benzene rings is 1. The van der Waals surface area contributed by atoms with E-state index in [0.717, 1.165) is 12.1 Å². The molecular formula is C14H11BrF3N3O. The molecule has 0 spiro atoms. The van der Waals surface area contributed by atoms with E-state index in [1.807, 2.05) is 0 Å². The van der Waals surface area contributed by atoms with Crippen LogP contribution in [0.1, 0.15) is 22.2 Å². The summed E-state index contributed by atoms with van der Waals surface area (Å²) in [7, 11) is 0. The second-order valence-corrected chi connectivity index (χ2v) is 5.80. The topological polar surface area (TPSA) is 51.3 Å². The highest BCUT2D eigenvalue weighted by Gasteiger charge is 2.33. The fourth-order valence-electron chi connectivity index (χ4n) is 2.45. The lowest BCUT2D eigenvalue weighted by molar-refractivity contribution is -0.137. The van der Waals surface area contributed by atoms with Crippen LogP contribution in [0.3, 0.4) is 0 Å². The summed E-state index contributed by atoms with van der Waals surface area (Å²) in [6, 6.07) is 6.18. The minimum Gasteiger partial charge on any atom is -0.325 e. The maximum Gasteiger partial charge on any atom is 0.416 e. The zero-order chi connectivity index (χ0) is 16.1. The second kappa shape index (κ2) is 5.13. The van der Waals surface area contributed by atoms with Gasteiger partial charge in [0.2, 0.25) is 0 Å². The van der Waals surface area contributed by atoms with Gasteiger partial charge in [0.1, 0.15) is 5.69 Å². The van der Waals surface area contributed by atoms with E-state index in [9.17, 15) is 18.0 Å². The molecule has 0 saturated heterocycles. The van der Waals surface area contributed by atoms with E-state index in [0.29, 0.717) is 15.9 Å². The number of hydrogen-bond donors (Lipinski definition) is 1. The Kier molecular flexibility index (Phi) is 3.53. The first-order chi connectivity index (χ1) is 10.3. The van der Waals surface area contributed by atoms with Crippen LogP contribution in [0.15, 0.2) is 41.0 Å². The molecule has 1 aliphatic heterocycles. The first-order valence-corrected chi connectivity index (χ1v) is 7.19. The Morgan fingerprint density at radius 1 is 1.18 bits per heavy atom. The van der Waals surface area contributed by atoms with Crippen molar-refractivity contribution in [2.75, 3.05) is 11.4 Å². The Morgan fingerprint density at radius 2 is 1.82 bits per heavy atom. The molecule has 1 aromatic heterocycles. The maximum atomic E-state index is 12.6. The van der Waals surface area contributed by atoms with Crippen molar-refractivity contribution in [1.29, 1.82) is 0 Å². The van der Waals surface area contributed by atoms with Crippen molar-refractivity contribution in [1.82, 2.24) is 4.57 Å². The van der Waals surface area contributed by atoms with Crippen molar-refractivity contribution in [3.8, 4) is 0 Å². The van der Waals surface area contributed by atoms with E-state index in [1.54, 1.807) is 16.8 Å². The quantitative estimate of drug-likeness (QED) is 0.832. The van der Waals surface area contributed by atoms with Gasteiger partial charge in [-0.15, -0.1) is 0 Å². The predicted octanol–water partition coefficient (Wildman–Crippen LogP) is 3.39. The Morgan fingerprint density at radius 3 is 2.41 bits per heavy atom. The van der Waals surface area contributed by atoms with Crippen LogP contribution in [0.25, 0.3) is 0 Å². The van der Waals surface area contributed by atoms with Crippen molar-refractivity contribution >= 4 is 27.5 Å². The zero-order valence-electron chi connectivity index (χ0n) is 11.1. The molecule has 0 aliphatic carbocycles. The van der Waals surface area contributed by atoms with Crippen molar-refractivity contribution in [3.63, 3.8) is 0 Å². The van der Waals surface area contributed by atoms with Gasteiger partial charge < -0.3 is 15.2 Å². The highest BCUT2D eigenvalue weighted by molar-refractivity contribution is 9.10. The number of carbonyl (C=O) groups is 1. The third-order valence-electron chi connectivity index (χ3n) is 3.55. The van der Waals surface area contributed by atoms with Gasteiger partial charge in [-0.25, -0.2) is 0 Å². The third kappa shape index (κ3) is 2.42. The highest BCUT2D eigenvalue weighted by Crippen LogP contribution is 2.33. The molecule has 0 bridgehead atoms. The van der Waals surface area contributed by atoms with E-state index in [1.165, 1.54) is 17.0 Å². The number of aromatic nitrogens is 1. The Labute approximate surface area is 132 Å². The largest absolute Gasteiger partial charge is 0.416 e. The molecule has 3 rings (SSSR count). The molecule has 22 heavy (non-hydrogen) atoms. The molecular weight excluding hydrogens is 363 g/mol. The van der Waals surface area contributed by atoms with Gasteiger partial charge in [0.15, 0.2) is 0 Å². The summed E-state index contributed by atoms with van der Waals surface area (Å²) >= 11 is 3.29. The molecule has 2 aromatic rings. The monoisotopic (exact) mass is 373 g/mol. The Bertz CT molecular complexity index is 724. The van der Waals surface area contributed by atoms with Gasteiger partial charge in [0.05, 0.1) is 18.3 Å². The normalized spacial score (nSPS) is 18.5. The summed E-state index contributed by atoms with van der Waals surface area (Å²) in [4.78, 5) is 13.9. The molecule has 0 saturated carbocycles. The smallest absolute Gasteiger partial charge is 0.325 e. The summed E-state index contributed by atoms with van der Waals surface area (Å²) in [5, 5.41) is 0. The van der Waals surface area contributed by atoms with Crippen molar-refractivity contribution in [2.45, 2.75) is 12.3 Å². The number of rotatable bonds is 1. The van der Waals surface area contributed by atoms with Crippen LogP contribution in [-0.4, -0.2) is 17.0 Å². The molecule has 1 amide bonds. The number of amides is 1. The lowest BCUT2D eigenvalue weighted by Gasteiger charge is -2.33. The number of carbonyl (C=O) groups excluding carboxylic acids is 1. The summed E-state index contributed by atoms with van der Waals surface area (Å²) in [5.74, 6) is -0.307. The summed E-state index contributed by atoms with van der Waals surface area (Å²) in [5.41, 5.74) is 6.03. The van der Waals surface area contributed by atoms with Gasteiger partial charge in [-0.05, 0) is 46.3 Å². The zero-order valence-corrected chi connectivity index (χ0v) is 12.7. The molecule has 2 heterocycles. The van der Waals surface area contributed by atoms with E-state index in [-0.39, 0.29) is 12.5 Å². The van der Waals surface area contributed by atoms with Crippen LogP contribution in [0, 0.1) is 0 Å². The molecule has 1 aromatic carbocycles. The van der Waals surface area contributed by atoms with Gasteiger partial charge in [-0.2, -0.15) is 13.2 Å². The average Bonchev–Trinajstić information content (AvgIpc) is 2.85. The third-order valence-corrected chi connectivity index (χ3v) is 4.19. The standard InChI is InChI=1S/C14H11BrF3N3O/c15-10-5-6-20-11(19)7-21(13(22)12(10)20)9-3-1-8(2-4-9)14(16,17)18/h1-6,11H,7,19H2/t11-/m1/s1. The van der Waals surface area contributed by atoms with Crippen LogP contribution in [0.4, 0.5) is 18.9 Å². The first-order valence-electron chi connectivity index (χ1n) is 6.40. The number of nitrogens with two attached hydrogens (primary N) is 1. The fourth-order valence-corrected chi connectivity index (χ4v) is 2.94. The van der Waals surface area contributed by atoms with E-state index < -0.39 is 17.9 Å². The lowest BCUT2D eigenvalue weighted by Crippen LogP contribution is -2.46. The van der Waals surface area contributed by atoms with E-state index in [4.69, 9.17) is 5.73 Å². The van der Waals surface area contributed by atoms with Gasteiger partial charge in [-0.3, -0.25) is 4.79 Å². The van der Waals surface area contributed by atoms with Crippen molar-refractivity contribution in [2.24, 2.45) is 5.73 Å². The van der Waals surface area contributed by atoms with Crippen LogP contribution in [0.5, 0.6) is 0 Å². The number of hydrogen-bond acceptors (Lipinski definition) is 2. The Balaban J connectivity index is 1.96. The summed E-state index contributed by atoms with van der Waals surface area (Å²) in [6.07, 6.45) is -3.16. The van der Waals surface area contributed by atoms with Gasteiger partial charge in [0, 0.05) is 16.4 Å². The number of anilines is 1. The minimum atomic E-state index is -4.40. The highest BCUT2D eigenvalue weighted by atomic mass is 79.9. The summed E-state index contributed by atoms with van der Waals surface area (Å²) < 4.78 is 40.0. The van der Waals surface area contributed by atoms with Crippen LogP contribution in [0.2, 0.25) is 0 Å². The number of alkyl halides is 3. The molecule has 1 atom stereocenters. The maximum absolute atomic E-state index is 12.6. The van der Waals surface area contributed by atoms with Gasteiger partial charge in [-0.1, -0.05) is 0 Å². The van der Waals surface area contributed by atoms with Gasteiger partial charge >= 0.3 is 6.18 Å². The first kappa shape index (κ1) is 15.1. The minimum absolute atomic E-state index is 0.193. The van der Waals surface area contributed by atoms with Crippen LogP contribution in [-0.2, 0) is 6.18 Å².